The molecule has 0 bridgehead atoms. The van der Waals surface area contributed by atoms with Crippen LogP contribution in [0.15, 0.2) is 16.4 Å². The monoisotopic (exact) mass is 305 g/mol. The number of piperazine rings is 1. The Labute approximate surface area is 130 Å². The van der Waals surface area contributed by atoms with Crippen molar-refractivity contribution in [3.05, 3.63) is 11.5 Å². The van der Waals surface area contributed by atoms with Gasteiger partial charge in [0.15, 0.2) is 0 Å². The van der Waals surface area contributed by atoms with Gasteiger partial charge < -0.3 is 14.9 Å². The summed E-state index contributed by atoms with van der Waals surface area (Å²) in [7, 11) is 1.71. The van der Waals surface area contributed by atoms with Gasteiger partial charge in [0.05, 0.1) is 6.42 Å². The van der Waals surface area contributed by atoms with Crippen molar-refractivity contribution < 1.29 is 14.7 Å². The van der Waals surface area contributed by atoms with Crippen LogP contribution >= 0.6 is 0 Å². The Kier molecular flexibility index (Phi) is 3.70. The second kappa shape index (κ2) is 5.41. The molecule has 2 aliphatic heterocycles. The predicted molar refractivity (Wildman–Crippen MR) is 82.2 cm³/mol. The first-order valence-corrected chi connectivity index (χ1v) is 7.95. The van der Waals surface area contributed by atoms with Gasteiger partial charge in [-0.3, -0.25) is 9.59 Å². The molecule has 2 heterocycles. The molecule has 22 heavy (non-hydrogen) atoms. The molecule has 1 saturated carbocycles. The molecular weight excluding hydrogens is 282 g/mol. The molecule has 0 atom stereocenters. The quantitative estimate of drug-likeness (QED) is 0.844. The number of hydrogen-bond donors (Lipinski definition) is 1. The first-order chi connectivity index (χ1) is 10.4. The summed E-state index contributed by atoms with van der Waals surface area (Å²) in [5, 5.41) is 10.2. The minimum Gasteiger partial charge on any atom is -0.509 e. The van der Waals surface area contributed by atoms with Gasteiger partial charge in [-0.25, -0.2) is 0 Å². The molecule has 1 aliphatic carbocycles. The van der Waals surface area contributed by atoms with Gasteiger partial charge in [0.25, 0.3) is 11.8 Å². The third-order valence-corrected chi connectivity index (χ3v) is 5.03. The maximum Gasteiger partial charge on any atom is 0.273 e. The minimum absolute atomic E-state index is 0.135. The summed E-state index contributed by atoms with van der Waals surface area (Å²) in [6.45, 7) is 3.36. The molecule has 0 aromatic carbocycles. The van der Waals surface area contributed by atoms with Crippen LogP contribution < -0.4 is 0 Å². The summed E-state index contributed by atoms with van der Waals surface area (Å²) >= 11 is 0. The summed E-state index contributed by atoms with van der Waals surface area (Å²) in [5.41, 5.74) is 0.372. The van der Waals surface area contributed by atoms with Crippen LogP contribution in [0, 0.1) is 5.41 Å². The van der Waals surface area contributed by atoms with E-state index in [-0.39, 0.29) is 35.1 Å². The Balaban J connectivity index is 1.95. The van der Waals surface area contributed by atoms with Crippen molar-refractivity contribution in [3.63, 3.8) is 0 Å². The van der Waals surface area contributed by atoms with E-state index in [4.69, 9.17) is 0 Å². The van der Waals surface area contributed by atoms with Gasteiger partial charge in [-0.2, -0.15) is 4.99 Å². The van der Waals surface area contributed by atoms with Gasteiger partial charge in [0, 0.05) is 26.6 Å². The number of carbonyl (C=O) groups excluding carboxylic acids is 2. The van der Waals surface area contributed by atoms with E-state index in [9.17, 15) is 14.7 Å². The average Bonchev–Trinajstić information content (AvgIpc) is 2.82. The topological polar surface area (TPSA) is 73.2 Å². The number of amides is 2. The number of aliphatic hydroxyl groups excluding tert-OH is 1. The highest BCUT2D eigenvalue weighted by Crippen LogP contribution is 2.42. The molecule has 0 radical (unpaired) electrons. The molecule has 1 N–H and O–H groups in total. The lowest BCUT2D eigenvalue weighted by Gasteiger charge is -2.37. The van der Waals surface area contributed by atoms with E-state index < -0.39 is 0 Å². The highest BCUT2D eigenvalue weighted by Gasteiger charge is 2.39. The van der Waals surface area contributed by atoms with Crippen molar-refractivity contribution in [3.8, 4) is 0 Å². The van der Waals surface area contributed by atoms with Crippen LogP contribution in [0.1, 0.15) is 45.4 Å². The minimum atomic E-state index is -0.369. The fourth-order valence-electron chi connectivity index (χ4n) is 3.69. The molecule has 3 rings (SSSR count). The number of nitrogens with zero attached hydrogens (tertiary/aromatic N) is 3. The van der Waals surface area contributed by atoms with Crippen molar-refractivity contribution in [2.75, 3.05) is 20.1 Å². The molecule has 3 aliphatic rings. The third-order valence-electron chi connectivity index (χ3n) is 5.03. The van der Waals surface area contributed by atoms with E-state index in [1.807, 2.05) is 0 Å². The average molecular weight is 305 g/mol. The Morgan fingerprint density at radius 3 is 2.59 bits per heavy atom. The summed E-state index contributed by atoms with van der Waals surface area (Å²) in [6.07, 6.45) is 5.14. The molecular formula is C16H23N3O3. The molecule has 6 heteroatoms. The first kappa shape index (κ1) is 15.1. The Bertz CT molecular complexity index is 573. The smallest absolute Gasteiger partial charge is 0.273 e. The van der Waals surface area contributed by atoms with Crippen LogP contribution in [-0.4, -0.2) is 52.7 Å². The van der Waals surface area contributed by atoms with E-state index in [1.54, 1.807) is 16.8 Å². The van der Waals surface area contributed by atoms with E-state index in [1.165, 1.54) is 12.8 Å². The lowest BCUT2D eigenvalue weighted by Crippen LogP contribution is -2.50. The Morgan fingerprint density at radius 1 is 1.23 bits per heavy atom. The van der Waals surface area contributed by atoms with Crippen LogP contribution in [0.4, 0.5) is 0 Å². The highest BCUT2D eigenvalue weighted by atomic mass is 16.3. The van der Waals surface area contributed by atoms with Gasteiger partial charge in [-0.15, -0.1) is 0 Å². The van der Waals surface area contributed by atoms with Crippen molar-refractivity contribution in [1.29, 1.82) is 0 Å². The largest absolute Gasteiger partial charge is 0.509 e. The number of amidine groups is 1. The lowest BCUT2D eigenvalue weighted by atomic mass is 9.84. The second-order valence-corrected chi connectivity index (χ2v) is 6.97. The van der Waals surface area contributed by atoms with Crippen molar-refractivity contribution >= 4 is 17.6 Å². The number of carbonyl (C=O) groups is 2. The van der Waals surface area contributed by atoms with Crippen LogP contribution in [-0.2, 0) is 9.59 Å². The summed E-state index contributed by atoms with van der Waals surface area (Å²) in [5.74, 6) is -0.110. The van der Waals surface area contributed by atoms with Crippen LogP contribution in [0.2, 0.25) is 0 Å². The molecule has 120 valence electrons. The Hall–Kier alpha value is -1.85. The number of likely N-dealkylation sites (N-methyl/N-ethyl adjacent to an activating group) is 1. The molecule has 6 nitrogen and oxygen atoms in total. The molecule has 0 aromatic rings. The zero-order valence-corrected chi connectivity index (χ0v) is 13.3. The van der Waals surface area contributed by atoms with Crippen LogP contribution in [0.5, 0.6) is 0 Å². The zero-order valence-electron chi connectivity index (χ0n) is 13.3. The molecule has 1 saturated heterocycles. The van der Waals surface area contributed by atoms with E-state index in [0.717, 1.165) is 12.8 Å². The van der Waals surface area contributed by atoms with E-state index in [0.29, 0.717) is 25.3 Å². The predicted octanol–water partition coefficient (Wildman–Crippen LogP) is 1.83. The first-order valence-electron chi connectivity index (χ1n) is 7.95. The van der Waals surface area contributed by atoms with Gasteiger partial charge in [-0.05, 0) is 18.3 Å². The maximum atomic E-state index is 12.4. The van der Waals surface area contributed by atoms with E-state index >= 15 is 0 Å². The van der Waals surface area contributed by atoms with Crippen molar-refractivity contribution in [1.82, 2.24) is 9.80 Å². The third kappa shape index (κ3) is 2.62. The standard InChI is InChI=1S/C16H23N3O3/c1-16(5-3-4-6-16)10-12-17-13(21)9-11(20)14-15(22)18(2)7-8-19(12)14/h20H,3-10H2,1-2H3. The molecule has 0 unspecified atom stereocenters. The molecule has 2 fully saturated rings. The van der Waals surface area contributed by atoms with Gasteiger partial charge in [0.2, 0.25) is 0 Å². The van der Waals surface area contributed by atoms with Crippen molar-refractivity contribution in [2.24, 2.45) is 10.4 Å². The van der Waals surface area contributed by atoms with Crippen LogP contribution in [0.25, 0.3) is 0 Å². The zero-order chi connectivity index (χ0) is 15.9. The van der Waals surface area contributed by atoms with E-state index in [2.05, 4.69) is 11.9 Å². The number of rotatable bonds is 2. The normalized spacial score (nSPS) is 25.3. The summed E-state index contributed by atoms with van der Waals surface area (Å²) < 4.78 is 0. The van der Waals surface area contributed by atoms with Gasteiger partial charge >= 0.3 is 0 Å². The number of aliphatic hydroxyl groups is 1. The summed E-state index contributed by atoms with van der Waals surface area (Å²) in [4.78, 5) is 31.9. The second-order valence-electron chi connectivity index (χ2n) is 6.97. The number of aliphatic imine (C=N–C) groups is 1. The van der Waals surface area contributed by atoms with Gasteiger partial charge in [0.1, 0.15) is 17.3 Å². The lowest BCUT2D eigenvalue weighted by molar-refractivity contribution is -0.129. The number of hydrogen-bond acceptors (Lipinski definition) is 4. The van der Waals surface area contributed by atoms with Crippen LogP contribution in [0.3, 0.4) is 0 Å². The van der Waals surface area contributed by atoms with Crippen molar-refractivity contribution in [2.45, 2.75) is 45.4 Å². The fraction of sp³-hybridized carbons (Fsp3) is 0.688. The van der Waals surface area contributed by atoms with Gasteiger partial charge in [-0.1, -0.05) is 19.8 Å². The molecule has 2 amide bonds. The highest BCUT2D eigenvalue weighted by molar-refractivity contribution is 6.05. The summed E-state index contributed by atoms with van der Waals surface area (Å²) in [6, 6.07) is 0. The Morgan fingerprint density at radius 2 is 1.91 bits per heavy atom. The molecule has 0 spiro atoms. The fourth-order valence-corrected chi connectivity index (χ4v) is 3.69. The maximum absolute atomic E-state index is 12.4. The molecule has 0 aromatic heterocycles. The SMILES string of the molecule is CN1CCN2C(CC3(C)CCCC3)=NC(=O)CC(O)=C2C1=O. The number of fused-ring (bicyclic) bond motifs is 1.